The van der Waals surface area contributed by atoms with Crippen molar-refractivity contribution in [2.24, 2.45) is 0 Å². The molecule has 0 spiro atoms. The van der Waals surface area contributed by atoms with Gasteiger partial charge in [-0.05, 0) is 44.5 Å². The third-order valence-corrected chi connectivity index (χ3v) is 6.76. The number of para-hydroxylation sites is 1. The first kappa shape index (κ1) is 20.5. The molecule has 0 atom stereocenters. The van der Waals surface area contributed by atoms with Crippen LogP contribution in [0, 0.1) is 6.92 Å². The van der Waals surface area contributed by atoms with Crippen LogP contribution < -0.4 is 14.4 Å². The molecule has 28 heavy (non-hydrogen) atoms. The van der Waals surface area contributed by atoms with Crippen LogP contribution in [0.2, 0.25) is 0 Å². The van der Waals surface area contributed by atoms with Crippen molar-refractivity contribution in [3.8, 4) is 11.5 Å². The van der Waals surface area contributed by atoms with Crippen LogP contribution in [-0.2, 0) is 10.0 Å². The molecule has 3 rings (SSSR count). The molecule has 0 amide bonds. The van der Waals surface area contributed by atoms with Crippen molar-refractivity contribution in [1.82, 2.24) is 4.31 Å². The topological polar surface area (TPSA) is 59.1 Å². The number of nitrogens with zero attached hydrogens (tertiary/aromatic N) is 2. The molecule has 0 N–H and O–H groups in total. The summed E-state index contributed by atoms with van der Waals surface area (Å²) in [5, 5.41) is 0. The summed E-state index contributed by atoms with van der Waals surface area (Å²) in [5.41, 5.74) is 2.36. The third-order valence-electron chi connectivity index (χ3n) is 4.84. The highest BCUT2D eigenvalue weighted by Gasteiger charge is 2.31. The summed E-state index contributed by atoms with van der Waals surface area (Å²) in [5.74, 6) is 0.898. The molecule has 152 valence electrons. The highest BCUT2D eigenvalue weighted by Crippen LogP contribution is 2.32. The van der Waals surface area contributed by atoms with E-state index >= 15 is 0 Å². The first-order chi connectivity index (χ1) is 13.5. The number of piperazine rings is 1. The van der Waals surface area contributed by atoms with Gasteiger partial charge in [-0.3, -0.25) is 0 Å². The standard InChI is InChI=1S/C21H28N2O4S/c1-4-26-18-10-11-20(27-5-2)21(16-18)28(24,25)23-14-12-22(13-15-23)19-9-7-6-8-17(19)3/h6-11,16H,4-5,12-15H2,1-3H3. The van der Waals surface area contributed by atoms with E-state index in [0.717, 1.165) is 5.69 Å². The molecule has 6 nitrogen and oxygen atoms in total. The Hall–Kier alpha value is -2.25. The molecule has 0 bridgehead atoms. The average Bonchev–Trinajstić information content (AvgIpc) is 2.70. The predicted molar refractivity (Wildman–Crippen MR) is 111 cm³/mol. The average molecular weight is 405 g/mol. The lowest BCUT2D eigenvalue weighted by atomic mass is 10.1. The lowest BCUT2D eigenvalue weighted by molar-refractivity contribution is 0.319. The summed E-state index contributed by atoms with van der Waals surface area (Å²) in [6.45, 7) is 8.83. The molecular weight excluding hydrogens is 376 g/mol. The monoisotopic (exact) mass is 404 g/mol. The maximum absolute atomic E-state index is 13.3. The van der Waals surface area contributed by atoms with Crippen molar-refractivity contribution < 1.29 is 17.9 Å². The van der Waals surface area contributed by atoms with Gasteiger partial charge in [0.2, 0.25) is 10.0 Å². The Balaban J connectivity index is 1.82. The minimum atomic E-state index is -3.67. The van der Waals surface area contributed by atoms with Crippen LogP contribution in [0.3, 0.4) is 0 Å². The summed E-state index contributed by atoms with van der Waals surface area (Å²) in [7, 11) is -3.67. The quantitative estimate of drug-likeness (QED) is 0.709. The molecule has 1 heterocycles. The van der Waals surface area contributed by atoms with E-state index in [1.165, 1.54) is 9.87 Å². The van der Waals surface area contributed by atoms with E-state index in [2.05, 4.69) is 24.0 Å². The summed E-state index contributed by atoms with van der Waals surface area (Å²) in [6.07, 6.45) is 0. The number of anilines is 1. The molecule has 0 unspecified atom stereocenters. The minimum Gasteiger partial charge on any atom is -0.494 e. The molecule has 1 fully saturated rings. The van der Waals surface area contributed by atoms with Gasteiger partial charge in [-0.15, -0.1) is 0 Å². The van der Waals surface area contributed by atoms with Gasteiger partial charge in [0.05, 0.1) is 13.2 Å². The van der Waals surface area contributed by atoms with Crippen molar-refractivity contribution in [2.45, 2.75) is 25.7 Å². The fourth-order valence-electron chi connectivity index (χ4n) is 3.45. The van der Waals surface area contributed by atoms with Gasteiger partial charge in [-0.1, -0.05) is 18.2 Å². The van der Waals surface area contributed by atoms with Crippen LogP contribution in [0.5, 0.6) is 11.5 Å². The zero-order valence-corrected chi connectivity index (χ0v) is 17.5. The third kappa shape index (κ3) is 4.25. The Labute approximate surface area is 167 Å². The summed E-state index contributed by atoms with van der Waals surface area (Å²) in [4.78, 5) is 2.41. The van der Waals surface area contributed by atoms with Crippen molar-refractivity contribution in [3.63, 3.8) is 0 Å². The van der Waals surface area contributed by atoms with Gasteiger partial charge < -0.3 is 14.4 Å². The van der Waals surface area contributed by atoms with Gasteiger partial charge in [0.15, 0.2) is 0 Å². The van der Waals surface area contributed by atoms with Crippen LogP contribution in [-0.4, -0.2) is 52.1 Å². The van der Waals surface area contributed by atoms with Gasteiger partial charge in [-0.25, -0.2) is 8.42 Å². The molecule has 0 saturated carbocycles. The Morgan fingerprint density at radius 2 is 1.61 bits per heavy atom. The van der Waals surface area contributed by atoms with Crippen LogP contribution in [0.15, 0.2) is 47.4 Å². The van der Waals surface area contributed by atoms with Crippen molar-refractivity contribution >= 4 is 15.7 Å². The molecule has 0 aliphatic carbocycles. The van der Waals surface area contributed by atoms with Crippen molar-refractivity contribution in [2.75, 3.05) is 44.3 Å². The second kappa shape index (κ2) is 8.84. The molecule has 0 radical (unpaired) electrons. The second-order valence-corrected chi connectivity index (χ2v) is 8.56. The fourth-order valence-corrected chi connectivity index (χ4v) is 5.02. The zero-order valence-electron chi connectivity index (χ0n) is 16.7. The largest absolute Gasteiger partial charge is 0.494 e. The first-order valence-corrected chi connectivity index (χ1v) is 11.1. The van der Waals surface area contributed by atoms with E-state index in [0.29, 0.717) is 50.9 Å². The minimum absolute atomic E-state index is 0.171. The molecule has 1 aliphatic rings. The number of benzene rings is 2. The Morgan fingerprint density at radius 1 is 0.929 bits per heavy atom. The van der Waals surface area contributed by atoms with Crippen LogP contribution in [0.4, 0.5) is 5.69 Å². The van der Waals surface area contributed by atoms with E-state index in [1.807, 2.05) is 26.0 Å². The summed E-state index contributed by atoms with van der Waals surface area (Å²) in [6, 6.07) is 13.2. The second-order valence-electron chi connectivity index (χ2n) is 6.65. The van der Waals surface area contributed by atoms with Crippen LogP contribution >= 0.6 is 0 Å². The predicted octanol–water partition coefficient (Wildman–Crippen LogP) is 3.30. The summed E-state index contributed by atoms with van der Waals surface area (Å²) >= 11 is 0. The van der Waals surface area contributed by atoms with Crippen LogP contribution in [0.1, 0.15) is 19.4 Å². The van der Waals surface area contributed by atoms with E-state index in [1.54, 1.807) is 18.2 Å². The number of rotatable bonds is 7. The Bertz CT molecular complexity index is 906. The number of hydrogen-bond acceptors (Lipinski definition) is 5. The van der Waals surface area contributed by atoms with E-state index in [9.17, 15) is 8.42 Å². The fraction of sp³-hybridized carbons (Fsp3) is 0.429. The molecule has 7 heteroatoms. The molecule has 1 aliphatic heterocycles. The lowest BCUT2D eigenvalue weighted by Crippen LogP contribution is -2.48. The number of ether oxygens (including phenoxy) is 2. The molecule has 2 aromatic rings. The van der Waals surface area contributed by atoms with E-state index in [4.69, 9.17) is 9.47 Å². The normalized spacial score (nSPS) is 15.5. The molecular formula is C21H28N2O4S. The zero-order chi connectivity index (χ0) is 20.1. The Kier molecular flexibility index (Phi) is 6.46. The molecule has 1 saturated heterocycles. The summed E-state index contributed by atoms with van der Waals surface area (Å²) < 4.78 is 39.3. The van der Waals surface area contributed by atoms with Gasteiger partial charge in [0.25, 0.3) is 0 Å². The van der Waals surface area contributed by atoms with Gasteiger partial charge >= 0.3 is 0 Å². The number of hydrogen-bond donors (Lipinski definition) is 0. The van der Waals surface area contributed by atoms with Gasteiger partial charge in [-0.2, -0.15) is 4.31 Å². The smallest absolute Gasteiger partial charge is 0.247 e. The Morgan fingerprint density at radius 3 is 2.25 bits per heavy atom. The number of aryl methyl sites for hydroxylation is 1. The van der Waals surface area contributed by atoms with E-state index < -0.39 is 10.0 Å². The maximum atomic E-state index is 13.3. The highest BCUT2D eigenvalue weighted by atomic mass is 32.2. The number of sulfonamides is 1. The van der Waals surface area contributed by atoms with Crippen molar-refractivity contribution in [1.29, 1.82) is 0 Å². The highest BCUT2D eigenvalue weighted by molar-refractivity contribution is 7.89. The van der Waals surface area contributed by atoms with Gasteiger partial charge in [0, 0.05) is 37.9 Å². The van der Waals surface area contributed by atoms with Crippen molar-refractivity contribution in [3.05, 3.63) is 48.0 Å². The maximum Gasteiger partial charge on any atom is 0.247 e. The molecule has 0 aromatic heterocycles. The lowest BCUT2D eigenvalue weighted by Gasteiger charge is -2.36. The SMILES string of the molecule is CCOc1ccc(OCC)c(S(=O)(=O)N2CCN(c3ccccc3C)CC2)c1. The molecule has 2 aromatic carbocycles. The van der Waals surface area contributed by atoms with E-state index in [-0.39, 0.29) is 4.90 Å². The van der Waals surface area contributed by atoms with Crippen LogP contribution in [0.25, 0.3) is 0 Å². The first-order valence-electron chi connectivity index (χ1n) is 9.67. The van der Waals surface area contributed by atoms with Gasteiger partial charge in [0.1, 0.15) is 16.4 Å².